The van der Waals surface area contributed by atoms with Gasteiger partial charge in [-0.25, -0.2) is 0 Å². The number of aromatic nitrogens is 1. The number of hydrogen-bond acceptors (Lipinski definition) is 2. The summed E-state index contributed by atoms with van der Waals surface area (Å²) in [6.07, 6.45) is 7.37. The largest absolute Gasteiger partial charge is 0.386 e. The monoisotopic (exact) mass is 207 g/mol. The molecule has 2 heterocycles. The first kappa shape index (κ1) is 9.59. The molecule has 0 aromatic carbocycles. The summed E-state index contributed by atoms with van der Waals surface area (Å²) in [4.78, 5) is 4.63. The normalized spacial score (nSPS) is 16.1. The summed E-state index contributed by atoms with van der Waals surface area (Å²) in [5.74, 6) is 0. The molecule has 0 amide bonds. The number of thiazole rings is 1. The lowest BCUT2D eigenvalue weighted by molar-refractivity contribution is -0.351. The zero-order valence-electron chi connectivity index (χ0n) is 8.82. The Hall–Kier alpha value is -0.960. The summed E-state index contributed by atoms with van der Waals surface area (Å²) in [6.45, 7) is 6.57. The molecule has 2 nitrogen and oxygen atoms in total. The first-order valence-corrected chi connectivity index (χ1v) is 5.70. The second kappa shape index (κ2) is 3.31. The minimum absolute atomic E-state index is 0.151. The fraction of sp³-hybridized carbons (Fsp3) is 0.455. The number of hydrogen-bond donors (Lipinski definition) is 0. The van der Waals surface area contributed by atoms with Gasteiger partial charge in [0.05, 0.1) is 12.4 Å². The molecule has 3 heteroatoms. The quantitative estimate of drug-likeness (QED) is 0.646. The molecule has 0 spiro atoms. The Kier molecular flexibility index (Phi) is 2.27. The Morgan fingerprint density at radius 1 is 1.43 bits per heavy atom. The molecule has 74 valence electrons. The fourth-order valence-corrected chi connectivity index (χ4v) is 2.31. The summed E-state index contributed by atoms with van der Waals surface area (Å²) >= 11 is 1.71. The highest BCUT2D eigenvalue weighted by molar-refractivity contribution is 7.13. The minimum atomic E-state index is 0.151. The predicted octanol–water partition coefficient (Wildman–Crippen LogP) is 3.07. The molecule has 1 aromatic heterocycles. The Bertz CT molecular complexity index is 394. The van der Waals surface area contributed by atoms with Crippen LogP contribution in [0.1, 0.15) is 32.9 Å². The molecule has 1 aliphatic rings. The lowest BCUT2D eigenvalue weighted by Crippen LogP contribution is -2.11. The number of nitrogens with zero attached hydrogens (tertiary/aromatic N) is 2. The molecule has 0 fully saturated rings. The highest BCUT2D eigenvalue weighted by Crippen LogP contribution is 2.28. The molecule has 2 rings (SSSR count). The first-order chi connectivity index (χ1) is 6.57. The molecule has 1 aliphatic heterocycles. The van der Waals surface area contributed by atoms with Gasteiger partial charge in [0.25, 0.3) is 0 Å². The van der Waals surface area contributed by atoms with Crippen LogP contribution in [0.25, 0.3) is 0 Å². The van der Waals surface area contributed by atoms with E-state index in [0.29, 0.717) is 0 Å². The lowest BCUT2D eigenvalue weighted by atomic mass is 9.93. The van der Waals surface area contributed by atoms with Gasteiger partial charge in [-0.05, 0) is 11.1 Å². The van der Waals surface area contributed by atoms with E-state index >= 15 is 0 Å². The maximum Gasteiger partial charge on any atom is 0.386 e. The molecule has 0 bridgehead atoms. The summed E-state index contributed by atoms with van der Waals surface area (Å²) < 4.78 is 2.10. The van der Waals surface area contributed by atoms with E-state index in [0.717, 1.165) is 11.6 Å². The topological polar surface area (TPSA) is 15.9 Å². The van der Waals surface area contributed by atoms with Crippen molar-refractivity contribution in [2.24, 2.45) is 0 Å². The summed E-state index contributed by atoms with van der Waals surface area (Å²) in [6, 6.07) is 0. The van der Waals surface area contributed by atoms with Crippen molar-refractivity contribution >= 4 is 22.7 Å². The fourth-order valence-electron chi connectivity index (χ4n) is 1.28. The third-order valence-corrected chi connectivity index (χ3v) is 3.04. The zero-order valence-corrected chi connectivity index (χ0v) is 9.64. The van der Waals surface area contributed by atoms with E-state index in [-0.39, 0.29) is 5.41 Å². The van der Waals surface area contributed by atoms with Gasteiger partial charge in [-0.15, -0.1) is 0 Å². The molecule has 1 aromatic rings. The number of rotatable bonds is 1. The smallest absolute Gasteiger partial charge is 0.198 e. The molecule has 14 heavy (non-hydrogen) atoms. The Morgan fingerprint density at radius 3 is 2.71 bits per heavy atom. The van der Waals surface area contributed by atoms with E-state index < -0.39 is 0 Å². The maximum atomic E-state index is 4.63. The van der Waals surface area contributed by atoms with Crippen LogP contribution in [0.15, 0.2) is 17.7 Å². The minimum Gasteiger partial charge on any atom is -0.198 e. The molecule has 0 radical (unpaired) electrons. The van der Waals surface area contributed by atoms with Gasteiger partial charge in [0.15, 0.2) is 5.69 Å². The third-order valence-electron chi connectivity index (χ3n) is 2.19. The summed E-state index contributed by atoms with van der Waals surface area (Å²) in [5, 5.41) is 3.22. The van der Waals surface area contributed by atoms with Crippen molar-refractivity contribution in [3.63, 3.8) is 0 Å². The Labute approximate surface area is 88.6 Å². The van der Waals surface area contributed by atoms with Crippen LogP contribution in [0.3, 0.4) is 0 Å². The van der Waals surface area contributed by atoms with Gasteiger partial charge < -0.3 is 0 Å². The van der Waals surface area contributed by atoms with Crippen molar-refractivity contribution in [1.29, 1.82) is 0 Å². The second-order valence-corrected chi connectivity index (χ2v) is 5.31. The van der Waals surface area contributed by atoms with Gasteiger partial charge in [0.2, 0.25) is 0 Å². The van der Waals surface area contributed by atoms with Crippen LogP contribution in [0.5, 0.6) is 0 Å². The van der Waals surface area contributed by atoms with Gasteiger partial charge in [-0.1, -0.05) is 32.1 Å². The third kappa shape index (κ3) is 1.77. The molecular formula is C11H15N2S+. The van der Waals surface area contributed by atoms with Crippen LogP contribution in [0.4, 0.5) is 5.13 Å². The van der Waals surface area contributed by atoms with Crippen LogP contribution < -0.4 is 0 Å². The zero-order chi connectivity index (χ0) is 10.2. The van der Waals surface area contributed by atoms with Crippen LogP contribution in [-0.4, -0.2) is 15.8 Å². The average Bonchev–Trinajstić information content (AvgIpc) is 2.73. The van der Waals surface area contributed by atoms with Crippen LogP contribution in [0, 0.1) is 0 Å². The van der Waals surface area contributed by atoms with Crippen molar-refractivity contribution in [1.82, 2.24) is 4.98 Å². The van der Waals surface area contributed by atoms with E-state index in [2.05, 4.69) is 54.2 Å². The second-order valence-electron chi connectivity index (χ2n) is 4.48. The number of allylic oxidation sites excluding steroid dienone is 1. The molecule has 0 saturated carbocycles. The lowest BCUT2D eigenvalue weighted by Gasteiger charge is -2.09. The maximum absolute atomic E-state index is 4.63. The van der Waals surface area contributed by atoms with Crippen molar-refractivity contribution in [2.45, 2.75) is 32.6 Å². The van der Waals surface area contributed by atoms with E-state index in [9.17, 15) is 0 Å². The van der Waals surface area contributed by atoms with Gasteiger partial charge in [-0.2, -0.15) is 4.58 Å². The molecule has 0 unspecified atom stereocenters. The average molecular weight is 207 g/mol. The summed E-state index contributed by atoms with van der Waals surface area (Å²) in [5.41, 5.74) is 1.32. The van der Waals surface area contributed by atoms with Crippen LogP contribution in [-0.2, 0) is 5.41 Å². The van der Waals surface area contributed by atoms with Gasteiger partial charge in [0.1, 0.15) is 0 Å². The van der Waals surface area contributed by atoms with E-state index in [1.807, 2.05) is 0 Å². The molecule has 0 saturated heterocycles. The predicted molar refractivity (Wildman–Crippen MR) is 60.6 cm³/mol. The molecular weight excluding hydrogens is 192 g/mol. The SMILES string of the molecule is CC(C)(C)c1csc([N+]2=CCC=C2)n1. The van der Waals surface area contributed by atoms with E-state index in [1.165, 1.54) is 5.69 Å². The molecule has 0 N–H and O–H groups in total. The Balaban J connectivity index is 2.30. The van der Waals surface area contributed by atoms with E-state index in [4.69, 9.17) is 0 Å². The van der Waals surface area contributed by atoms with Gasteiger partial charge in [-0.3, -0.25) is 0 Å². The standard InChI is InChI=1S/C11H15N2S/c1-11(2,3)9-8-14-10(12-9)13-6-4-5-7-13/h4,6-8H,5H2,1-3H3/q+1. The van der Waals surface area contributed by atoms with Crippen LogP contribution in [0.2, 0.25) is 0 Å². The highest BCUT2D eigenvalue weighted by Gasteiger charge is 2.25. The first-order valence-electron chi connectivity index (χ1n) is 4.82. The van der Waals surface area contributed by atoms with E-state index in [1.54, 1.807) is 11.3 Å². The van der Waals surface area contributed by atoms with Crippen molar-refractivity contribution in [2.75, 3.05) is 0 Å². The summed E-state index contributed by atoms with van der Waals surface area (Å²) in [7, 11) is 0. The van der Waals surface area contributed by atoms with Crippen molar-refractivity contribution in [3.05, 3.63) is 23.3 Å². The highest BCUT2D eigenvalue weighted by atomic mass is 32.1. The van der Waals surface area contributed by atoms with Gasteiger partial charge in [0, 0.05) is 17.2 Å². The molecule has 0 atom stereocenters. The van der Waals surface area contributed by atoms with Gasteiger partial charge >= 0.3 is 5.13 Å². The Morgan fingerprint density at radius 2 is 2.21 bits per heavy atom. The van der Waals surface area contributed by atoms with Crippen molar-refractivity contribution < 1.29 is 4.58 Å². The molecule has 0 aliphatic carbocycles. The van der Waals surface area contributed by atoms with Crippen molar-refractivity contribution in [3.8, 4) is 0 Å². The van der Waals surface area contributed by atoms with Crippen LogP contribution >= 0.6 is 11.3 Å².